The quantitative estimate of drug-likeness (QED) is 0.432. The van der Waals surface area contributed by atoms with Gasteiger partial charge in [-0.15, -0.1) is 0 Å². The summed E-state index contributed by atoms with van der Waals surface area (Å²) in [7, 11) is 3.16. The first-order chi connectivity index (χ1) is 14.5. The molecule has 0 aliphatic carbocycles. The van der Waals surface area contributed by atoms with E-state index in [9.17, 15) is 4.79 Å². The molecular weight excluding hydrogens is 386 g/mol. The van der Waals surface area contributed by atoms with Gasteiger partial charge in [0.15, 0.2) is 5.60 Å². The molecule has 8 nitrogen and oxygen atoms in total. The summed E-state index contributed by atoms with van der Waals surface area (Å²) in [4.78, 5) is 19.4. The van der Waals surface area contributed by atoms with Crippen molar-refractivity contribution < 1.29 is 23.7 Å². The number of hydrogen-bond acceptors (Lipinski definition) is 7. The second-order valence-electron chi connectivity index (χ2n) is 8.51. The van der Waals surface area contributed by atoms with Gasteiger partial charge >= 0.3 is 0 Å². The number of piperidine rings is 1. The van der Waals surface area contributed by atoms with E-state index < -0.39 is 5.60 Å². The molecule has 3 rings (SSSR count). The first-order valence-electron chi connectivity index (χ1n) is 10.8. The van der Waals surface area contributed by atoms with Crippen LogP contribution in [0.25, 0.3) is 0 Å². The van der Waals surface area contributed by atoms with E-state index in [-0.39, 0.29) is 31.6 Å². The predicted octanol–water partition coefficient (Wildman–Crippen LogP) is 1.97. The van der Waals surface area contributed by atoms with Crippen LogP contribution in [0.5, 0.6) is 5.75 Å². The highest BCUT2D eigenvalue weighted by Gasteiger charge is 2.62. The highest BCUT2D eigenvalue weighted by Crippen LogP contribution is 2.41. The van der Waals surface area contributed by atoms with Crippen LogP contribution in [0.15, 0.2) is 18.3 Å². The molecule has 2 unspecified atom stereocenters. The van der Waals surface area contributed by atoms with E-state index in [2.05, 4.69) is 24.1 Å². The monoisotopic (exact) mass is 421 g/mol. The third kappa shape index (κ3) is 5.11. The SMILES string of the molecule is COCOC1(Cc2cc(OC3CCNCC3)ccn2)C(=O)N(COC)C1CC(C)C. The first kappa shape index (κ1) is 22.9. The minimum absolute atomic E-state index is 0.0480. The maximum atomic E-state index is 13.2. The number of methoxy groups -OCH3 is 2. The lowest BCUT2D eigenvalue weighted by Crippen LogP contribution is -2.76. The minimum atomic E-state index is -1.00. The second kappa shape index (κ2) is 10.5. The summed E-state index contributed by atoms with van der Waals surface area (Å²) in [6.45, 7) is 6.52. The van der Waals surface area contributed by atoms with Crippen molar-refractivity contribution in [2.75, 3.05) is 40.8 Å². The van der Waals surface area contributed by atoms with E-state index in [0.717, 1.165) is 43.8 Å². The van der Waals surface area contributed by atoms with Gasteiger partial charge in [0.1, 0.15) is 25.4 Å². The number of rotatable bonds is 11. The fraction of sp³-hybridized carbons (Fsp3) is 0.727. The van der Waals surface area contributed by atoms with Gasteiger partial charge in [0, 0.05) is 38.6 Å². The molecule has 1 aromatic heterocycles. The van der Waals surface area contributed by atoms with Gasteiger partial charge in [-0.1, -0.05) is 13.8 Å². The Morgan fingerprint density at radius 2 is 2.03 bits per heavy atom. The molecule has 3 heterocycles. The Morgan fingerprint density at radius 1 is 1.27 bits per heavy atom. The molecule has 1 amide bonds. The predicted molar refractivity (Wildman–Crippen MR) is 112 cm³/mol. The summed E-state index contributed by atoms with van der Waals surface area (Å²) in [6.07, 6.45) is 5.10. The number of nitrogens with zero attached hydrogens (tertiary/aromatic N) is 2. The molecule has 0 spiro atoms. The van der Waals surface area contributed by atoms with Gasteiger partial charge < -0.3 is 29.2 Å². The van der Waals surface area contributed by atoms with Crippen LogP contribution in [0.2, 0.25) is 0 Å². The average Bonchev–Trinajstić information content (AvgIpc) is 2.74. The molecule has 30 heavy (non-hydrogen) atoms. The van der Waals surface area contributed by atoms with Gasteiger partial charge in [-0.05, 0) is 44.3 Å². The maximum Gasteiger partial charge on any atom is 0.259 e. The Hall–Kier alpha value is -1.74. The van der Waals surface area contributed by atoms with Crippen molar-refractivity contribution in [2.45, 2.75) is 57.3 Å². The molecule has 2 atom stereocenters. The molecule has 1 N–H and O–H groups in total. The summed E-state index contributed by atoms with van der Waals surface area (Å²) in [6, 6.07) is 3.70. The number of pyridine rings is 1. The number of carbonyl (C=O) groups is 1. The van der Waals surface area contributed by atoms with Gasteiger partial charge in [0.05, 0.1) is 6.04 Å². The molecule has 168 valence electrons. The van der Waals surface area contributed by atoms with Crippen LogP contribution in [-0.4, -0.2) is 74.4 Å². The standard InChI is InChI=1S/C22H35N3O5/c1-16(2)11-20-22(29-15-28-4,21(26)25(20)14-27-3)13-17-12-19(7-10-24-17)30-18-5-8-23-9-6-18/h7,10,12,16,18,20,23H,5-6,8-9,11,13-15H2,1-4H3. The molecule has 2 saturated heterocycles. The topological polar surface area (TPSA) is 82.2 Å². The average molecular weight is 422 g/mol. The summed E-state index contributed by atoms with van der Waals surface area (Å²) >= 11 is 0. The first-order valence-corrected chi connectivity index (χ1v) is 10.8. The van der Waals surface area contributed by atoms with Crippen molar-refractivity contribution in [2.24, 2.45) is 5.92 Å². The lowest BCUT2D eigenvalue weighted by Gasteiger charge is -2.55. The van der Waals surface area contributed by atoms with Crippen molar-refractivity contribution in [3.63, 3.8) is 0 Å². The number of amides is 1. The minimum Gasteiger partial charge on any atom is -0.490 e. The fourth-order valence-electron chi connectivity index (χ4n) is 4.33. The molecule has 0 aromatic carbocycles. The Labute approximate surface area is 179 Å². The van der Waals surface area contributed by atoms with Gasteiger partial charge in [0.25, 0.3) is 5.91 Å². The van der Waals surface area contributed by atoms with Crippen LogP contribution in [0.4, 0.5) is 0 Å². The van der Waals surface area contributed by atoms with E-state index in [1.54, 1.807) is 25.3 Å². The van der Waals surface area contributed by atoms with E-state index >= 15 is 0 Å². The number of hydrogen-bond donors (Lipinski definition) is 1. The number of ether oxygens (including phenoxy) is 4. The molecule has 1 aromatic rings. The third-order valence-corrected chi connectivity index (χ3v) is 5.76. The Morgan fingerprint density at radius 3 is 2.70 bits per heavy atom. The number of β-lactam (4-membered cyclic amide) rings is 1. The lowest BCUT2D eigenvalue weighted by atomic mass is 9.75. The van der Waals surface area contributed by atoms with Crippen LogP contribution in [0.1, 0.15) is 38.8 Å². The van der Waals surface area contributed by atoms with Crippen LogP contribution >= 0.6 is 0 Å². The van der Waals surface area contributed by atoms with Crippen LogP contribution in [0, 0.1) is 5.92 Å². The molecule has 0 radical (unpaired) electrons. The zero-order chi connectivity index (χ0) is 21.6. The summed E-state index contributed by atoms with van der Waals surface area (Å²) in [5, 5.41) is 3.34. The van der Waals surface area contributed by atoms with Gasteiger partial charge in [0.2, 0.25) is 0 Å². The Kier molecular flexibility index (Phi) is 8.05. The number of likely N-dealkylation sites (tertiary alicyclic amines) is 1. The number of nitrogens with one attached hydrogen (secondary N) is 1. The van der Waals surface area contributed by atoms with E-state index in [4.69, 9.17) is 18.9 Å². The van der Waals surface area contributed by atoms with E-state index in [1.807, 2.05) is 12.1 Å². The van der Waals surface area contributed by atoms with Crippen molar-refractivity contribution in [1.29, 1.82) is 0 Å². The van der Waals surface area contributed by atoms with Crippen molar-refractivity contribution >= 4 is 5.91 Å². The molecular formula is C22H35N3O5. The van der Waals surface area contributed by atoms with Gasteiger partial charge in [-0.25, -0.2) is 0 Å². The highest BCUT2D eigenvalue weighted by molar-refractivity contribution is 5.93. The zero-order valence-corrected chi connectivity index (χ0v) is 18.6. The smallest absolute Gasteiger partial charge is 0.259 e. The molecule has 2 aliphatic heterocycles. The van der Waals surface area contributed by atoms with E-state index in [1.165, 1.54) is 0 Å². The van der Waals surface area contributed by atoms with Gasteiger partial charge in [-0.3, -0.25) is 9.78 Å². The van der Waals surface area contributed by atoms with Crippen molar-refractivity contribution in [1.82, 2.24) is 15.2 Å². The molecule has 2 fully saturated rings. The normalized spacial score (nSPS) is 24.9. The van der Waals surface area contributed by atoms with Crippen LogP contribution in [0.3, 0.4) is 0 Å². The Balaban J connectivity index is 1.80. The van der Waals surface area contributed by atoms with Crippen molar-refractivity contribution in [3.05, 3.63) is 24.0 Å². The maximum absolute atomic E-state index is 13.2. The zero-order valence-electron chi connectivity index (χ0n) is 18.6. The van der Waals surface area contributed by atoms with Crippen LogP contribution < -0.4 is 10.1 Å². The number of carbonyl (C=O) groups excluding carboxylic acids is 1. The lowest BCUT2D eigenvalue weighted by molar-refractivity contribution is -0.235. The second-order valence-corrected chi connectivity index (χ2v) is 8.51. The summed E-state index contributed by atoms with van der Waals surface area (Å²) in [5.74, 6) is 1.10. The number of aromatic nitrogens is 1. The molecule has 0 saturated carbocycles. The van der Waals surface area contributed by atoms with E-state index in [0.29, 0.717) is 12.3 Å². The summed E-state index contributed by atoms with van der Waals surface area (Å²) < 4.78 is 22.6. The fourth-order valence-corrected chi connectivity index (χ4v) is 4.33. The third-order valence-electron chi connectivity index (χ3n) is 5.76. The molecule has 2 aliphatic rings. The molecule has 0 bridgehead atoms. The highest BCUT2D eigenvalue weighted by atomic mass is 16.7. The summed E-state index contributed by atoms with van der Waals surface area (Å²) in [5.41, 5.74) is -0.226. The van der Waals surface area contributed by atoms with Gasteiger partial charge in [-0.2, -0.15) is 0 Å². The Bertz CT molecular complexity index is 695. The molecule has 8 heteroatoms. The largest absolute Gasteiger partial charge is 0.490 e. The van der Waals surface area contributed by atoms with Crippen molar-refractivity contribution in [3.8, 4) is 5.75 Å². The van der Waals surface area contributed by atoms with Crippen LogP contribution in [-0.2, 0) is 25.4 Å².